The molecule has 2 unspecified atom stereocenters. The molecule has 0 aromatic rings. The highest BCUT2D eigenvalue weighted by Gasteiger charge is 2.21. The van der Waals surface area contributed by atoms with E-state index in [4.69, 9.17) is 0 Å². The van der Waals surface area contributed by atoms with Crippen LogP contribution >= 0.6 is 0 Å². The number of nitrogens with one attached hydrogen (secondary N) is 1. The molecule has 4 nitrogen and oxygen atoms in total. The Morgan fingerprint density at radius 3 is 2.68 bits per heavy atom. The number of hydrogen-bond donors (Lipinski definition) is 2. The van der Waals surface area contributed by atoms with Crippen LogP contribution in [-0.2, 0) is 0 Å². The number of nitrogens with zero attached hydrogens (tertiary/aromatic N) is 1. The minimum absolute atomic E-state index is 0.0917. The van der Waals surface area contributed by atoms with Gasteiger partial charge in [0, 0.05) is 13.6 Å². The maximum absolute atomic E-state index is 11.8. The molecule has 1 aliphatic carbocycles. The Morgan fingerprint density at radius 2 is 2.11 bits per heavy atom. The van der Waals surface area contributed by atoms with E-state index in [0.29, 0.717) is 6.54 Å². The van der Waals surface area contributed by atoms with E-state index in [1.807, 2.05) is 0 Å². The van der Waals surface area contributed by atoms with E-state index in [-0.39, 0.29) is 6.03 Å². The lowest BCUT2D eigenvalue weighted by Gasteiger charge is -2.28. The Bertz CT molecular complexity index is 286. The molecule has 1 saturated carbocycles. The van der Waals surface area contributed by atoms with Gasteiger partial charge in [0.05, 0.1) is 12.1 Å². The molecule has 2 amide bonds. The summed E-state index contributed by atoms with van der Waals surface area (Å²) in [5.74, 6) is 1.61. The summed E-state index contributed by atoms with van der Waals surface area (Å²) in [6, 6.07) is -0.0917. The molecule has 0 bridgehead atoms. The maximum atomic E-state index is 11.8. The number of likely N-dealkylation sites (N-methyl/N-ethyl adjacent to an activating group) is 1. The molecule has 0 aromatic carbocycles. The minimum Gasteiger partial charge on any atom is -0.389 e. The van der Waals surface area contributed by atoms with Crippen LogP contribution in [0.5, 0.6) is 0 Å². The summed E-state index contributed by atoms with van der Waals surface area (Å²) in [6.45, 7) is 6.83. The Labute approximate surface area is 117 Å². The molecule has 112 valence electrons. The number of carbonyl (C=O) groups excluding carboxylic acids is 1. The first-order valence-electron chi connectivity index (χ1n) is 7.49. The first-order chi connectivity index (χ1) is 8.78. The van der Waals surface area contributed by atoms with E-state index >= 15 is 0 Å². The minimum atomic E-state index is -0.842. The summed E-state index contributed by atoms with van der Waals surface area (Å²) in [7, 11) is 1.72. The van der Waals surface area contributed by atoms with Gasteiger partial charge in [-0.15, -0.1) is 0 Å². The number of rotatable bonds is 5. The molecule has 2 atom stereocenters. The molecule has 0 heterocycles. The SMILES string of the molecule is CC1CCCC(CCNC(=O)N(C)CC(C)(C)O)C1. The third-order valence-corrected chi connectivity index (χ3v) is 3.84. The van der Waals surface area contributed by atoms with Crippen LogP contribution in [0.4, 0.5) is 4.79 Å². The van der Waals surface area contributed by atoms with Crippen molar-refractivity contribution in [3.05, 3.63) is 0 Å². The zero-order chi connectivity index (χ0) is 14.5. The van der Waals surface area contributed by atoms with Crippen molar-refractivity contribution in [2.45, 2.75) is 58.5 Å². The van der Waals surface area contributed by atoms with Crippen molar-refractivity contribution in [1.29, 1.82) is 0 Å². The Kier molecular flexibility index (Phi) is 6.11. The zero-order valence-corrected chi connectivity index (χ0v) is 12.9. The highest BCUT2D eigenvalue weighted by atomic mass is 16.3. The number of amides is 2. The molecule has 1 rings (SSSR count). The van der Waals surface area contributed by atoms with Crippen molar-refractivity contribution in [3.63, 3.8) is 0 Å². The van der Waals surface area contributed by atoms with Crippen LogP contribution in [0.15, 0.2) is 0 Å². The number of carbonyl (C=O) groups is 1. The summed E-state index contributed by atoms with van der Waals surface area (Å²) in [6.07, 6.45) is 6.37. The first kappa shape index (κ1) is 16.3. The van der Waals surface area contributed by atoms with Crippen molar-refractivity contribution >= 4 is 6.03 Å². The number of hydrogen-bond acceptors (Lipinski definition) is 2. The molecule has 0 saturated heterocycles. The van der Waals surface area contributed by atoms with Gasteiger partial charge >= 0.3 is 6.03 Å². The zero-order valence-electron chi connectivity index (χ0n) is 12.9. The van der Waals surface area contributed by atoms with Gasteiger partial charge in [0.1, 0.15) is 0 Å². The van der Waals surface area contributed by atoms with Crippen LogP contribution in [0.2, 0.25) is 0 Å². The van der Waals surface area contributed by atoms with E-state index in [1.165, 1.54) is 25.7 Å². The normalized spacial score (nSPS) is 24.1. The predicted molar refractivity (Wildman–Crippen MR) is 78.1 cm³/mol. The Hall–Kier alpha value is -0.770. The van der Waals surface area contributed by atoms with Crippen LogP contribution < -0.4 is 5.32 Å². The fourth-order valence-corrected chi connectivity index (χ4v) is 2.99. The highest BCUT2D eigenvalue weighted by Crippen LogP contribution is 2.30. The lowest BCUT2D eigenvalue weighted by molar-refractivity contribution is 0.0531. The number of urea groups is 1. The van der Waals surface area contributed by atoms with Gasteiger partial charge in [0.25, 0.3) is 0 Å². The fraction of sp³-hybridized carbons (Fsp3) is 0.933. The Balaban J connectivity index is 2.19. The molecule has 19 heavy (non-hydrogen) atoms. The van der Waals surface area contributed by atoms with E-state index in [1.54, 1.807) is 25.8 Å². The highest BCUT2D eigenvalue weighted by molar-refractivity contribution is 5.73. The summed E-state index contributed by atoms with van der Waals surface area (Å²) >= 11 is 0. The van der Waals surface area contributed by atoms with E-state index < -0.39 is 5.60 Å². The largest absolute Gasteiger partial charge is 0.389 e. The number of aliphatic hydroxyl groups is 1. The smallest absolute Gasteiger partial charge is 0.317 e. The summed E-state index contributed by atoms with van der Waals surface area (Å²) < 4.78 is 0. The third kappa shape index (κ3) is 6.81. The van der Waals surface area contributed by atoms with Gasteiger partial charge < -0.3 is 15.3 Å². The van der Waals surface area contributed by atoms with Crippen molar-refractivity contribution in [2.24, 2.45) is 11.8 Å². The molecule has 4 heteroatoms. The topological polar surface area (TPSA) is 52.6 Å². The summed E-state index contributed by atoms with van der Waals surface area (Å²) in [4.78, 5) is 13.4. The standard InChI is InChI=1S/C15H30N2O2/c1-12-6-5-7-13(10-12)8-9-16-14(18)17(4)11-15(2,3)19/h12-13,19H,5-11H2,1-4H3,(H,16,18). The van der Waals surface area contributed by atoms with E-state index in [0.717, 1.165) is 24.8 Å². The van der Waals surface area contributed by atoms with Crippen LogP contribution in [0.1, 0.15) is 52.9 Å². The van der Waals surface area contributed by atoms with Gasteiger partial charge in [0.15, 0.2) is 0 Å². The lowest BCUT2D eigenvalue weighted by atomic mass is 9.81. The van der Waals surface area contributed by atoms with Gasteiger partial charge in [-0.05, 0) is 38.5 Å². The molecule has 1 aliphatic rings. The molecule has 0 spiro atoms. The molecular formula is C15H30N2O2. The van der Waals surface area contributed by atoms with Crippen LogP contribution in [0.25, 0.3) is 0 Å². The molecule has 0 radical (unpaired) electrons. The van der Waals surface area contributed by atoms with Crippen molar-refractivity contribution in [2.75, 3.05) is 20.1 Å². The van der Waals surface area contributed by atoms with Gasteiger partial charge in [0.2, 0.25) is 0 Å². The second kappa shape index (κ2) is 7.13. The summed E-state index contributed by atoms with van der Waals surface area (Å²) in [5, 5.41) is 12.6. The molecule has 1 fully saturated rings. The first-order valence-corrected chi connectivity index (χ1v) is 7.49. The van der Waals surface area contributed by atoms with Crippen LogP contribution in [0.3, 0.4) is 0 Å². The quantitative estimate of drug-likeness (QED) is 0.807. The van der Waals surface area contributed by atoms with Crippen molar-refractivity contribution in [1.82, 2.24) is 10.2 Å². The van der Waals surface area contributed by atoms with Gasteiger partial charge in [-0.1, -0.05) is 26.2 Å². The van der Waals surface area contributed by atoms with Crippen molar-refractivity contribution < 1.29 is 9.90 Å². The average Bonchev–Trinajstić information content (AvgIpc) is 2.26. The van der Waals surface area contributed by atoms with Crippen molar-refractivity contribution in [3.8, 4) is 0 Å². The monoisotopic (exact) mass is 270 g/mol. The predicted octanol–water partition coefficient (Wildman–Crippen LogP) is 2.62. The second-order valence-corrected chi connectivity index (χ2v) is 6.83. The average molecular weight is 270 g/mol. The molecule has 2 N–H and O–H groups in total. The van der Waals surface area contributed by atoms with Gasteiger partial charge in [-0.2, -0.15) is 0 Å². The third-order valence-electron chi connectivity index (χ3n) is 3.84. The molecule has 0 aromatic heterocycles. The van der Waals surface area contributed by atoms with Crippen LogP contribution in [0, 0.1) is 11.8 Å². The van der Waals surface area contributed by atoms with Gasteiger partial charge in [-0.25, -0.2) is 4.79 Å². The lowest BCUT2D eigenvalue weighted by Crippen LogP contribution is -2.45. The van der Waals surface area contributed by atoms with Gasteiger partial charge in [-0.3, -0.25) is 0 Å². The maximum Gasteiger partial charge on any atom is 0.317 e. The van der Waals surface area contributed by atoms with E-state index in [2.05, 4.69) is 12.2 Å². The molecular weight excluding hydrogens is 240 g/mol. The Morgan fingerprint density at radius 1 is 1.42 bits per heavy atom. The van der Waals surface area contributed by atoms with Crippen LogP contribution in [-0.4, -0.2) is 41.8 Å². The summed E-state index contributed by atoms with van der Waals surface area (Å²) in [5.41, 5.74) is -0.842. The van der Waals surface area contributed by atoms with E-state index in [9.17, 15) is 9.90 Å². The fourth-order valence-electron chi connectivity index (χ4n) is 2.99. The molecule has 0 aliphatic heterocycles. The second-order valence-electron chi connectivity index (χ2n) is 6.83.